The fourth-order valence-electron chi connectivity index (χ4n) is 2.76. The first-order valence-corrected chi connectivity index (χ1v) is 7.77. The van der Waals surface area contributed by atoms with Crippen molar-refractivity contribution >= 4 is 6.09 Å². The molecule has 1 aliphatic heterocycles. The van der Waals surface area contributed by atoms with Crippen LogP contribution in [0, 0.1) is 16.7 Å². The van der Waals surface area contributed by atoms with Gasteiger partial charge in [-0.25, -0.2) is 4.79 Å². The molecule has 0 aromatic heterocycles. The molecule has 1 aliphatic rings. The Labute approximate surface area is 132 Å². The minimum absolute atomic E-state index is 0.279. The van der Waals surface area contributed by atoms with Gasteiger partial charge < -0.3 is 9.64 Å². The van der Waals surface area contributed by atoms with E-state index in [4.69, 9.17) is 4.74 Å². The average molecular weight is 300 g/mol. The summed E-state index contributed by atoms with van der Waals surface area (Å²) in [4.78, 5) is 13.8. The van der Waals surface area contributed by atoms with Crippen LogP contribution < -0.4 is 0 Å². The van der Waals surface area contributed by atoms with E-state index in [1.54, 1.807) is 4.90 Å². The first-order valence-electron chi connectivity index (χ1n) is 7.77. The van der Waals surface area contributed by atoms with Crippen molar-refractivity contribution in [3.05, 3.63) is 35.9 Å². The van der Waals surface area contributed by atoms with Crippen LogP contribution in [0.3, 0.4) is 0 Å². The zero-order valence-electron chi connectivity index (χ0n) is 13.6. The zero-order valence-corrected chi connectivity index (χ0v) is 13.6. The third kappa shape index (κ3) is 4.24. The van der Waals surface area contributed by atoms with Crippen LogP contribution in [-0.2, 0) is 11.2 Å². The summed E-state index contributed by atoms with van der Waals surface area (Å²) in [5, 5.41) is 9.63. The number of piperidine rings is 1. The van der Waals surface area contributed by atoms with Gasteiger partial charge in [0.15, 0.2) is 0 Å². The lowest BCUT2D eigenvalue weighted by molar-refractivity contribution is 0.0148. The maximum Gasteiger partial charge on any atom is 0.410 e. The van der Waals surface area contributed by atoms with Gasteiger partial charge in [0.05, 0.1) is 11.5 Å². The SMILES string of the molecule is CC(C)(C)OC(=O)N1CCC(C#N)(Cc2ccccc2)CC1. The lowest BCUT2D eigenvalue weighted by Crippen LogP contribution is -2.45. The van der Waals surface area contributed by atoms with Gasteiger partial charge in [-0.1, -0.05) is 30.3 Å². The van der Waals surface area contributed by atoms with Crippen molar-refractivity contribution in [2.75, 3.05) is 13.1 Å². The number of hydrogen-bond acceptors (Lipinski definition) is 3. The van der Waals surface area contributed by atoms with E-state index in [0.29, 0.717) is 25.9 Å². The van der Waals surface area contributed by atoms with Crippen LogP contribution in [0.2, 0.25) is 0 Å². The summed E-state index contributed by atoms with van der Waals surface area (Å²) in [5.41, 5.74) is 0.319. The molecule has 1 fully saturated rings. The highest BCUT2D eigenvalue weighted by atomic mass is 16.6. The molecule has 118 valence electrons. The summed E-state index contributed by atoms with van der Waals surface area (Å²) in [6, 6.07) is 12.6. The van der Waals surface area contributed by atoms with Gasteiger partial charge in [-0.15, -0.1) is 0 Å². The summed E-state index contributed by atoms with van der Waals surface area (Å²) in [5.74, 6) is 0. The molecule has 4 heteroatoms. The number of benzene rings is 1. The molecule has 1 amide bonds. The van der Waals surface area contributed by atoms with Crippen LogP contribution in [0.5, 0.6) is 0 Å². The number of ether oxygens (including phenoxy) is 1. The summed E-state index contributed by atoms with van der Waals surface area (Å²) in [7, 11) is 0. The number of nitriles is 1. The molecule has 4 nitrogen and oxygen atoms in total. The highest BCUT2D eigenvalue weighted by molar-refractivity contribution is 5.68. The van der Waals surface area contributed by atoms with Gasteiger partial charge >= 0.3 is 6.09 Å². The van der Waals surface area contributed by atoms with Crippen LogP contribution in [-0.4, -0.2) is 29.7 Å². The van der Waals surface area contributed by atoms with Crippen molar-refractivity contribution < 1.29 is 9.53 Å². The number of amides is 1. The molecule has 0 unspecified atom stereocenters. The molecule has 0 N–H and O–H groups in total. The van der Waals surface area contributed by atoms with Crippen molar-refractivity contribution in [2.24, 2.45) is 5.41 Å². The number of hydrogen-bond donors (Lipinski definition) is 0. The van der Waals surface area contributed by atoms with Crippen LogP contribution in [0.4, 0.5) is 4.79 Å². The number of nitrogens with zero attached hydrogens (tertiary/aromatic N) is 2. The Kier molecular flexibility index (Phi) is 4.75. The molecule has 22 heavy (non-hydrogen) atoms. The number of rotatable bonds is 2. The van der Waals surface area contributed by atoms with Crippen LogP contribution in [0.25, 0.3) is 0 Å². The second kappa shape index (κ2) is 6.39. The molecule has 0 spiro atoms. The molecular weight excluding hydrogens is 276 g/mol. The Morgan fingerprint density at radius 1 is 1.27 bits per heavy atom. The standard InChI is InChI=1S/C18H24N2O2/c1-17(2,3)22-16(21)20-11-9-18(14-19,10-12-20)13-15-7-5-4-6-8-15/h4-8H,9-13H2,1-3H3. The van der Waals surface area contributed by atoms with Gasteiger partial charge in [-0.2, -0.15) is 5.26 Å². The molecule has 1 aromatic carbocycles. The van der Waals surface area contributed by atoms with Crippen molar-refractivity contribution in [1.29, 1.82) is 5.26 Å². The lowest BCUT2D eigenvalue weighted by Gasteiger charge is -2.37. The predicted molar refractivity (Wildman–Crippen MR) is 85.2 cm³/mol. The minimum atomic E-state index is -0.481. The molecule has 1 heterocycles. The minimum Gasteiger partial charge on any atom is -0.444 e. The van der Waals surface area contributed by atoms with Gasteiger partial charge in [-0.05, 0) is 45.6 Å². The molecule has 0 bridgehead atoms. The quantitative estimate of drug-likeness (QED) is 0.835. The van der Waals surface area contributed by atoms with Crippen molar-refractivity contribution in [1.82, 2.24) is 4.90 Å². The molecule has 0 atom stereocenters. The van der Waals surface area contributed by atoms with Crippen molar-refractivity contribution in [3.8, 4) is 6.07 Å². The Hall–Kier alpha value is -2.02. The summed E-state index contributed by atoms with van der Waals surface area (Å²) in [6.07, 6.45) is 1.85. The first kappa shape index (κ1) is 16.4. The van der Waals surface area contributed by atoms with E-state index in [0.717, 1.165) is 6.42 Å². The monoisotopic (exact) mass is 300 g/mol. The largest absolute Gasteiger partial charge is 0.444 e. The number of carbonyl (C=O) groups is 1. The Bertz CT molecular complexity index is 547. The highest BCUT2D eigenvalue weighted by Crippen LogP contribution is 2.34. The second-order valence-corrected chi connectivity index (χ2v) is 7.02. The van der Waals surface area contributed by atoms with E-state index in [1.807, 2.05) is 39.0 Å². The van der Waals surface area contributed by atoms with Gasteiger partial charge in [0.2, 0.25) is 0 Å². The zero-order chi connectivity index (χ0) is 16.2. The molecule has 1 aromatic rings. The topological polar surface area (TPSA) is 53.3 Å². The van der Waals surface area contributed by atoms with E-state index < -0.39 is 5.60 Å². The lowest BCUT2D eigenvalue weighted by atomic mass is 9.75. The second-order valence-electron chi connectivity index (χ2n) is 7.02. The maximum absolute atomic E-state index is 12.1. The molecular formula is C18H24N2O2. The van der Waals surface area contributed by atoms with E-state index in [9.17, 15) is 10.1 Å². The Morgan fingerprint density at radius 3 is 2.36 bits per heavy atom. The van der Waals surface area contributed by atoms with E-state index in [2.05, 4.69) is 18.2 Å². The van der Waals surface area contributed by atoms with Crippen LogP contribution in [0.15, 0.2) is 30.3 Å². The molecule has 0 radical (unpaired) electrons. The first-order chi connectivity index (χ1) is 10.3. The molecule has 0 aliphatic carbocycles. The third-order valence-electron chi connectivity index (χ3n) is 3.99. The van der Waals surface area contributed by atoms with E-state index >= 15 is 0 Å². The van der Waals surface area contributed by atoms with E-state index in [-0.39, 0.29) is 11.5 Å². The van der Waals surface area contributed by atoms with Crippen molar-refractivity contribution in [3.63, 3.8) is 0 Å². The summed E-state index contributed by atoms with van der Waals surface area (Å²) < 4.78 is 5.40. The van der Waals surface area contributed by atoms with Gasteiger partial charge in [0, 0.05) is 13.1 Å². The Balaban J connectivity index is 1.97. The van der Waals surface area contributed by atoms with Crippen molar-refractivity contribution in [2.45, 2.75) is 45.6 Å². The van der Waals surface area contributed by atoms with Crippen LogP contribution >= 0.6 is 0 Å². The van der Waals surface area contributed by atoms with Gasteiger partial charge in [-0.3, -0.25) is 0 Å². The van der Waals surface area contributed by atoms with E-state index in [1.165, 1.54) is 5.56 Å². The fraction of sp³-hybridized carbons (Fsp3) is 0.556. The summed E-state index contributed by atoms with van der Waals surface area (Å²) >= 11 is 0. The summed E-state index contributed by atoms with van der Waals surface area (Å²) in [6.45, 7) is 6.75. The third-order valence-corrected chi connectivity index (χ3v) is 3.99. The number of carbonyl (C=O) groups excluding carboxylic acids is 1. The van der Waals surface area contributed by atoms with Gasteiger partial charge in [0.25, 0.3) is 0 Å². The van der Waals surface area contributed by atoms with Crippen LogP contribution in [0.1, 0.15) is 39.2 Å². The highest BCUT2D eigenvalue weighted by Gasteiger charge is 2.37. The smallest absolute Gasteiger partial charge is 0.410 e. The fourth-order valence-corrected chi connectivity index (χ4v) is 2.76. The molecule has 0 saturated carbocycles. The predicted octanol–water partition coefficient (Wildman–Crippen LogP) is 3.77. The Morgan fingerprint density at radius 2 is 1.86 bits per heavy atom. The van der Waals surface area contributed by atoms with Gasteiger partial charge in [0.1, 0.15) is 5.60 Å². The normalized spacial score (nSPS) is 17.6. The average Bonchev–Trinajstić information content (AvgIpc) is 2.47. The maximum atomic E-state index is 12.1. The molecule has 2 rings (SSSR count). The molecule has 1 saturated heterocycles. The number of likely N-dealkylation sites (tertiary alicyclic amines) is 1.